The van der Waals surface area contributed by atoms with Gasteiger partial charge in [-0.05, 0) is 68.8 Å². The summed E-state index contributed by atoms with van der Waals surface area (Å²) in [6.45, 7) is 4.64. The van der Waals surface area contributed by atoms with Crippen molar-refractivity contribution in [3.8, 4) is 67.5 Å². The van der Waals surface area contributed by atoms with Crippen LogP contribution in [0.5, 0.6) is 0 Å². The molecular formula is C48H33N3O. The monoisotopic (exact) mass is 667 g/mol. The Morgan fingerprint density at radius 3 is 1.69 bits per heavy atom. The normalized spacial score (nSPS) is 13.0. The topological polar surface area (TPSA) is 51.8 Å². The second-order valence-corrected chi connectivity index (χ2v) is 14.0. The van der Waals surface area contributed by atoms with Gasteiger partial charge in [0.1, 0.15) is 11.2 Å². The highest BCUT2D eigenvalue weighted by atomic mass is 16.3. The van der Waals surface area contributed by atoms with Crippen LogP contribution in [-0.4, -0.2) is 15.0 Å². The smallest absolute Gasteiger partial charge is 0.164 e. The molecule has 2 aromatic heterocycles. The van der Waals surface area contributed by atoms with E-state index in [1.165, 1.54) is 33.4 Å². The van der Waals surface area contributed by atoms with Gasteiger partial charge in [-0.2, -0.15) is 0 Å². The number of hydrogen-bond acceptors (Lipinski definition) is 4. The molecule has 246 valence electrons. The molecule has 0 spiro atoms. The summed E-state index contributed by atoms with van der Waals surface area (Å²) < 4.78 is 6.47. The van der Waals surface area contributed by atoms with Crippen molar-refractivity contribution in [1.29, 1.82) is 0 Å². The highest BCUT2D eigenvalue weighted by molar-refractivity contribution is 6.12. The van der Waals surface area contributed by atoms with Crippen LogP contribution in [0.3, 0.4) is 0 Å². The molecule has 0 atom stereocenters. The van der Waals surface area contributed by atoms with Gasteiger partial charge < -0.3 is 4.42 Å². The second kappa shape index (κ2) is 11.7. The van der Waals surface area contributed by atoms with Crippen LogP contribution in [0.25, 0.3) is 89.5 Å². The lowest BCUT2D eigenvalue weighted by molar-refractivity contribution is 0.660. The largest absolute Gasteiger partial charge is 0.456 e. The summed E-state index contributed by atoms with van der Waals surface area (Å²) >= 11 is 0. The zero-order valence-electron chi connectivity index (χ0n) is 28.8. The quantitative estimate of drug-likeness (QED) is 0.183. The number of rotatable bonds is 5. The predicted molar refractivity (Wildman–Crippen MR) is 212 cm³/mol. The molecule has 1 aliphatic carbocycles. The Balaban J connectivity index is 1.12. The molecule has 1 aliphatic rings. The van der Waals surface area contributed by atoms with Crippen molar-refractivity contribution in [2.75, 3.05) is 0 Å². The molecule has 2 heterocycles. The number of aromatic nitrogens is 3. The van der Waals surface area contributed by atoms with Crippen molar-refractivity contribution in [2.24, 2.45) is 0 Å². The van der Waals surface area contributed by atoms with E-state index in [0.29, 0.717) is 17.5 Å². The molecule has 7 aromatic carbocycles. The Labute approximate surface area is 302 Å². The first kappa shape index (κ1) is 30.2. The molecule has 10 rings (SSSR count). The Kier molecular flexibility index (Phi) is 6.80. The van der Waals surface area contributed by atoms with Crippen LogP contribution in [0.2, 0.25) is 0 Å². The molecule has 4 heteroatoms. The molecule has 0 saturated carbocycles. The van der Waals surface area contributed by atoms with Crippen LogP contribution >= 0.6 is 0 Å². The Morgan fingerprint density at radius 1 is 0.385 bits per heavy atom. The van der Waals surface area contributed by atoms with E-state index in [2.05, 4.69) is 129 Å². The zero-order valence-corrected chi connectivity index (χ0v) is 28.8. The van der Waals surface area contributed by atoms with Gasteiger partial charge in [0.05, 0.1) is 0 Å². The lowest BCUT2D eigenvalue weighted by Gasteiger charge is -2.21. The van der Waals surface area contributed by atoms with Gasteiger partial charge in [-0.25, -0.2) is 15.0 Å². The molecule has 0 N–H and O–H groups in total. The van der Waals surface area contributed by atoms with Crippen LogP contribution in [0.4, 0.5) is 0 Å². The number of benzene rings is 7. The second-order valence-electron chi connectivity index (χ2n) is 14.0. The van der Waals surface area contributed by atoms with E-state index < -0.39 is 0 Å². The minimum Gasteiger partial charge on any atom is -0.456 e. The molecule has 0 amide bonds. The van der Waals surface area contributed by atoms with Crippen molar-refractivity contribution in [1.82, 2.24) is 15.0 Å². The molecule has 0 bridgehead atoms. The number of fused-ring (bicyclic) bond motifs is 6. The van der Waals surface area contributed by atoms with Gasteiger partial charge in [-0.15, -0.1) is 0 Å². The number of nitrogens with zero attached hydrogens (tertiary/aromatic N) is 3. The van der Waals surface area contributed by atoms with E-state index in [1.54, 1.807) is 0 Å². The summed E-state index contributed by atoms with van der Waals surface area (Å²) in [7, 11) is 0. The van der Waals surface area contributed by atoms with E-state index in [-0.39, 0.29) is 5.41 Å². The van der Waals surface area contributed by atoms with Gasteiger partial charge >= 0.3 is 0 Å². The molecule has 0 saturated heterocycles. The minimum atomic E-state index is -0.0317. The molecule has 0 fully saturated rings. The Bertz CT molecular complexity index is 2800. The fourth-order valence-corrected chi connectivity index (χ4v) is 7.88. The first-order chi connectivity index (χ1) is 25.5. The standard InChI is InChI=1S/C48H33N3O/c1-48(2)40-18-10-9-16-36(40)38-28-34(24-26-41(38)48)35-25-27-42-39(29-35)44-37(17-11-19-43(44)52-42)47-50-45(32-14-7-4-8-15-32)49-46(51-47)33-22-20-31(21-23-33)30-12-5-3-6-13-30/h3-29H,1-2H3. The fourth-order valence-electron chi connectivity index (χ4n) is 7.88. The third kappa shape index (κ3) is 4.87. The molecule has 0 radical (unpaired) electrons. The number of hydrogen-bond donors (Lipinski definition) is 0. The van der Waals surface area contributed by atoms with Crippen LogP contribution < -0.4 is 0 Å². The van der Waals surface area contributed by atoms with Crippen LogP contribution in [0.15, 0.2) is 168 Å². The molecule has 4 nitrogen and oxygen atoms in total. The van der Waals surface area contributed by atoms with Gasteiger partial charge in [0.15, 0.2) is 17.5 Å². The van der Waals surface area contributed by atoms with E-state index >= 15 is 0 Å². The first-order valence-corrected chi connectivity index (χ1v) is 17.7. The van der Waals surface area contributed by atoms with E-state index in [1.807, 2.05) is 48.5 Å². The van der Waals surface area contributed by atoms with E-state index in [4.69, 9.17) is 19.4 Å². The summed E-state index contributed by atoms with van der Waals surface area (Å²) in [5.41, 5.74) is 14.3. The van der Waals surface area contributed by atoms with Crippen molar-refractivity contribution >= 4 is 21.9 Å². The Hall–Kier alpha value is -6.65. The maximum Gasteiger partial charge on any atom is 0.164 e. The van der Waals surface area contributed by atoms with Crippen molar-refractivity contribution in [3.63, 3.8) is 0 Å². The van der Waals surface area contributed by atoms with Crippen molar-refractivity contribution in [2.45, 2.75) is 19.3 Å². The summed E-state index contributed by atoms with van der Waals surface area (Å²) in [4.78, 5) is 15.2. The van der Waals surface area contributed by atoms with E-state index in [9.17, 15) is 0 Å². The van der Waals surface area contributed by atoms with Crippen LogP contribution in [-0.2, 0) is 5.41 Å². The molecule has 52 heavy (non-hydrogen) atoms. The highest BCUT2D eigenvalue weighted by Crippen LogP contribution is 2.49. The molecule has 0 aliphatic heterocycles. The van der Waals surface area contributed by atoms with Crippen molar-refractivity contribution < 1.29 is 4.42 Å². The fraction of sp³-hybridized carbons (Fsp3) is 0.0625. The molecule has 0 unspecified atom stereocenters. The number of furan rings is 1. The average Bonchev–Trinajstić information content (AvgIpc) is 3.70. The summed E-state index contributed by atoms with van der Waals surface area (Å²) in [5.74, 6) is 1.85. The summed E-state index contributed by atoms with van der Waals surface area (Å²) in [6.07, 6.45) is 0. The maximum atomic E-state index is 6.47. The summed E-state index contributed by atoms with van der Waals surface area (Å²) in [6, 6.07) is 57.2. The third-order valence-electron chi connectivity index (χ3n) is 10.6. The third-order valence-corrected chi connectivity index (χ3v) is 10.6. The van der Waals surface area contributed by atoms with Crippen LogP contribution in [0.1, 0.15) is 25.0 Å². The van der Waals surface area contributed by atoms with Gasteiger partial charge in [-0.3, -0.25) is 0 Å². The van der Waals surface area contributed by atoms with Gasteiger partial charge in [-0.1, -0.05) is 153 Å². The molecular weight excluding hydrogens is 635 g/mol. The van der Waals surface area contributed by atoms with Gasteiger partial charge in [0.2, 0.25) is 0 Å². The maximum absolute atomic E-state index is 6.47. The van der Waals surface area contributed by atoms with Gasteiger partial charge in [0, 0.05) is 32.9 Å². The lowest BCUT2D eigenvalue weighted by atomic mass is 9.82. The molecule has 9 aromatic rings. The van der Waals surface area contributed by atoms with Crippen LogP contribution in [0, 0.1) is 0 Å². The van der Waals surface area contributed by atoms with Gasteiger partial charge in [0.25, 0.3) is 0 Å². The average molecular weight is 668 g/mol. The Morgan fingerprint density at radius 2 is 0.923 bits per heavy atom. The predicted octanol–water partition coefficient (Wildman–Crippen LogP) is 12.4. The SMILES string of the molecule is CC1(C)c2ccccc2-c2cc(-c3ccc4oc5cccc(-c6nc(-c7ccccc7)nc(-c7ccc(-c8ccccc8)cc7)n6)c5c4c3)ccc21. The highest BCUT2D eigenvalue weighted by Gasteiger charge is 2.35. The first-order valence-electron chi connectivity index (χ1n) is 17.7. The zero-order chi connectivity index (χ0) is 34.8. The summed E-state index contributed by atoms with van der Waals surface area (Å²) in [5, 5.41) is 2.02. The van der Waals surface area contributed by atoms with Crippen molar-refractivity contribution in [3.05, 3.63) is 175 Å². The van der Waals surface area contributed by atoms with E-state index in [0.717, 1.165) is 49.8 Å². The minimum absolute atomic E-state index is 0.0317. The lowest BCUT2D eigenvalue weighted by Crippen LogP contribution is -2.14.